The van der Waals surface area contributed by atoms with Crippen molar-refractivity contribution >= 4 is 10.0 Å². The smallest absolute Gasteiger partial charge is 0.211 e. The molecule has 1 atom stereocenters. The van der Waals surface area contributed by atoms with Crippen LogP contribution in [0.15, 0.2) is 0 Å². The van der Waals surface area contributed by atoms with Crippen LogP contribution in [0.5, 0.6) is 0 Å². The van der Waals surface area contributed by atoms with Gasteiger partial charge in [-0.2, -0.15) is 0 Å². The zero-order valence-corrected chi connectivity index (χ0v) is 9.85. The molecule has 0 radical (unpaired) electrons. The summed E-state index contributed by atoms with van der Waals surface area (Å²) in [6.07, 6.45) is 5.32. The van der Waals surface area contributed by atoms with Crippen LogP contribution in [0.3, 0.4) is 0 Å². The van der Waals surface area contributed by atoms with E-state index in [1.807, 2.05) is 0 Å². The molecule has 2 N–H and O–H groups in total. The topological polar surface area (TPSA) is 58.2 Å². The van der Waals surface area contributed by atoms with Crippen molar-refractivity contribution in [3.63, 3.8) is 0 Å². The molecule has 1 saturated carbocycles. The number of piperidine rings is 1. The van der Waals surface area contributed by atoms with Gasteiger partial charge < -0.3 is 5.32 Å². The van der Waals surface area contributed by atoms with Crippen LogP contribution in [0.1, 0.15) is 32.1 Å². The molecule has 0 amide bonds. The Kier molecular flexibility index (Phi) is 3.64. The third kappa shape index (κ3) is 4.09. The average molecular weight is 232 g/mol. The summed E-state index contributed by atoms with van der Waals surface area (Å²) in [6, 6.07) is 0.114. The fraction of sp³-hybridized carbons (Fsp3) is 1.00. The number of hydrogen-bond acceptors (Lipinski definition) is 3. The Bertz CT molecular complexity index is 293. The van der Waals surface area contributed by atoms with Gasteiger partial charge in [0, 0.05) is 12.6 Å². The summed E-state index contributed by atoms with van der Waals surface area (Å²) < 4.78 is 26.2. The van der Waals surface area contributed by atoms with E-state index >= 15 is 0 Å². The zero-order chi connectivity index (χ0) is 10.7. The van der Waals surface area contributed by atoms with Crippen molar-refractivity contribution in [2.24, 2.45) is 5.92 Å². The summed E-state index contributed by atoms with van der Waals surface area (Å²) >= 11 is 0. The van der Waals surface area contributed by atoms with Crippen molar-refractivity contribution in [1.29, 1.82) is 0 Å². The number of hydrogen-bond donors (Lipinski definition) is 2. The lowest BCUT2D eigenvalue weighted by molar-refractivity contribution is 0.428. The summed E-state index contributed by atoms with van der Waals surface area (Å²) in [4.78, 5) is 0. The lowest BCUT2D eigenvalue weighted by Crippen LogP contribution is -2.46. The number of rotatable bonds is 5. The Morgan fingerprint density at radius 1 is 1.27 bits per heavy atom. The molecular weight excluding hydrogens is 212 g/mol. The van der Waals surface area contributed by atoms with E-state index < -0.39 is 10.0 Å². The van der Waals surface area contributed by atoms with Crippen LogP contribution in [-0.2, 0) is 10.0 Å². The third-order valence-corrected chi connectivity index (χ3v) is 4.60. The molecule has 0 aromatic carbocycles. The first kappa shape index (κ1) is 11.4. The highest BCUT2D eigenvalue weighted by molar-refractivity contribution is 7.89. The van der Waals surface area contributed by atoms with Crippen LogP contribution in [-0.4, -0.2) is 33.3 Å². The van der Waals surface area contributed by atoms with Crippen molar-refractivity contribution in [2.75, 3.05) is 18.8 Å². The van der Waals surface area contributed by atoms with Crippen molar-refractivity contribution in [3.05, 3.63) is 0 Å². The fourth-order valence-corrected chi connectivity index (χ4v) is 3.46. The highest BCUT2D eigenvalue weighted by atomic mass is 32.2. The summed E-state index contributed by atoms with van der Waals surface area (Å²) in [6.45, 7) is 1.79. The molecule has 2 fully saturated rings. The Balaban J connectivity index is 1.74. The molecule has 0 aromatic heterocycles. The minimum Gasteiger partial charge on any atom is -0.315 e. The van der Waals surface area contributed by atoms with Crippen molar-refractivity contribution in [3.8, 4) is 0 Å². The standard InChI is InChI=1S/C10H20N2O2S/c13-15(14,7-5-9-3-4-9)12-10-2-1-6-11-8-10/h9-12H,1-8H2. The molecule has 1 aliphatic heterocycles. The van der Waals surface area contributed by atoms with Gasteiger partial charge in [-0.25, -0.2) is 13.1 Å². The van der Waals surface area contributed by atoms with E-state index in [2.05, 4.69) is 10.0 Å². The highest BCUT2D eigenvalue weighted by Gasteiger charge is 2.25. The fourth-order valence-electron chi connectivity index (χ4n) is 1.99. The molecule has 0 spiro atoms. The van der Waals surface area contributed by atoms with Gasteiger partial charge in [-0.1, -0.05) is 12.8 Å². The van der Waals surface area contributed by atoms with E-state index in [4.69, 9.17) is 0 Å². The first-order valence-corrected chi connectivity index (χ1v) is 7.52. The molecule has 15 heavy (non-hydrogen) atoms. The Morgan fingerprint density at radius 3 is 2.67 bits per heavy atom. The minimum atomic E-state index is -3.03. The van der Waals surface area contributed by atoms with Gasteiger partial charge in [0.25, 0.3) is 0 Å². The second kappa shape index (κ2) is 4.80. The van der Waals surface area contributed by atoms with E-state index in [9.17, 15) is 8.42 Å². The third-order valence-electron chi connectivity index (χ3n) is 3.13. The van der Waals surface area contributed by atoms with Gasteiger partial charge in [0.1, 0.15) is 0 Å². The second-order valence-electron chi connectivity index (χ2n) is 4.71. The summed E-state index contributed by atoms with van der Waals surface area (Å²) in [5, 5.41) is 3.21. The van der Waals surface area contributed by atoms with Gasteiger partial charge in [-0.3, -0.25) is 0 Å². The van der Waals surface area contributed by atoms with Gasteiger partial charge in [0.15, 0.2) is 0 Å². The van der Waals surface area contributed by atoms with Crippen LogP contribution in [0, 0.1) is 5.92 Å². The van der Waals surface area contributed by atoms with Gasteiger partial charge >= 0.3 is 0 Å². The quantitative estimate of drug-likeness (QED) is 0.724. The maximum absolute atomic E-state index is 11.7. The second-order valence-corrected chi connectivity index (χ2v) is 6.59. The number of sulfonamides is 1. The molecule has 1 unspecified atom stereocenters. The lowest BCUT2D eigenvalue weighted by atomic mass is 10.1. The Morgan fingerprint density at radius 2 is 2.07 bits per heavy atom. The first-order chi connectivity index (χ1) is 7.16. The summed E-state index contributed by atoms with van der Waals surface area (Å²) in [5.41, 5.74) is 0. The SMILES string of the molecule is O=S(=O)(CCC1CC1)NC1CCCNC1. The Labute approximate surface area is 91.9 Å². The van der Waals surface area contributed by atoms with E-state index in [1.165, 1.54) is 12.8 Å². The first-order valence-electron chi connectivity index (χ1n) is 5.86. The molecule has 5 heteroatoms. The molecule has 0 bridgehead atoms. The molecule has 2 aliphatic rings. The molecule has 1 heterocycles. The van der Waals surface area contributed by atoms with E-state index in [0.29, 0.717) is 11.7 Å². The molecular formula is C10H20N2O2S. The van der Waals surface area contributed by atoms with Crippen LogP contribution >= 0.6 is 0 Å². The molecule has 0 aromatic rings. The highest BCUT2D eigenvalue weighted by Crippen LogP contribution is 2.32. The van der Waals surface area contributed by atoms with E-state index in [0.717, 1.165) is 32.4 Å². The minimum absolute atomic E-state index is 0.114. The van der Waals surface area contributed by atoms with Gasteiger partial charge in [0.2, 0.25) is 10.0 Å². The average Bonchev–Trinajstić information content (AvgIpc) is 2.99. The summed E-state index contributed by atoms with van der Waals surface area (Å²) in [5.74, 6) is 1.000. The maximum atomic E-state index is 11.7. The molecule has 88 valence electrons. The van der Waals surface area contributed by atoms with Crippen molar-refractivity contribution < 1.29 is 8.42 Å². The monoisotopic (exact) mass is 232 g/mol. The maximum Gasteiger partial charge on any atom is 0.211 e. The van der Waals surface area contributed by atoms with E-state index in [-0.39, 0.29) is 6.04 Å². The predicted octanol–water partition coefficient (Wildman–Crippen LogP) is 0.458. The van der Waals surface area contributed by atoms with Gasteiger partial charge in [-0.05, 0) is 31.7 Å². The largest absolute Gasteiger partial charge is 0.315 e. The van der Waals surface area contributed by atoms with Crippen molar-refractivity contribution in [1.82, 2.24) is 10.0 Å². The van der Waals surface area contributed by atoms with Gasteiger partial charge in [-0.15, -0.1) is 0 Å². The Hall–Kier alpha value is -0.130. The summed E-state index contributed by atoms with van der Waals surface area (Å²) in [7, 11) is -3.03. The molecule has 1 saturated heterocycles. The predicted molar refractivity (Wildman–Crippen MR) is 60.2 cm³/mol. The normalized spacial score (nSPS) is 27.9. The van der Waals surface area contributed by atoms with Crippen LogP contribution < -0.4 is 10.0 Å². The van der Waals surface area contributed by atoms with Crippen LogP contribution in [0.2, 0.25) is 0 Å². The van der Waals surface area contributed by atoms with Crippen molar-refractivity contribution in [2.45, 2.75) is 38.1 Å². The lowest BCUT2D eigenvalue weighted by Gasteiger charge is -2.23. The van der Waals surface area contributed by atoms with Gasteiger partial charge in [0.05, 0.1) is 5.75 Å². The molecule has 2 rings (SSSR count). The molecule has 1 aliphatic carbocycles. The number of nitrogens with one attached hydrogen (secondary N) is 2. The van der Waals surface area contributed by atoms with Crippen LogP contribution in [0.25, 0.3) is 0 Å². The molecule has 4 nitrogen and oxygen atoms in total. The van der Waals surface area contributed by atoms with E-state index in [1.54, 1.807) is 0 Å². The zero-order valence-electron chi connectivity index (χ0n) is 9.04. The van der Waals surface area contributed by atoms with Crippen LogP contribution in [0.4, 0.5) is 0 Å².